The van der Waals surface area contributed by atoms with Gasteiger partial charge in [0.15, 0.2) is 0 Å². The third-order valence-electron chi connectivity index (χ3n) is 1.63. The monoisotopic (exact) mass is 337 g/mol. The summed E-state index contributed by atoms with van der Waals surface area (Å²) in [6.45, 7) is 1.30. The molecule has 0 atom stereocenters. The summed E-state index contributed by atoms with van der Waals surface area (Å²) in [7, 11) is 0. The zero-order chi connectivity index (χ0) is 11.0. The van der Waals surface area contributed by atoms with Gasteiger partial charge in [-0.3, -0.25) is 0 Å². The van der Waals surface area contributed by atoms with E-state index in [1.54, 1.807) is 6.07 Å². The fraction of sp³-hybridized carbons (Fsp3) is 0.125. The summed E-state index contributed by atoms with van der Waals surface area (Å²) in [6.07, 6.45) is 1.47. The average Bonchev–Trinajstić information content (AvgIpc) is 2.42. The van der Waals surface area contributed by atoms with Crippen LogP contribution in [0, 0.1) is 3.70 Å². The van der Waals surface area contributed by atoms with Gasteiger partial charge in [-0.1, -0.05) is 16.4 Å². The lowest BCUT2D eigenvalue weighted by Gasteiger charge is -1.99. The van der Waals surface area contributed by atoms with Gasteiger partial charge in [-0.15, -0.1) is 5.10 Å². The standard InChI is InChI=1S/C8H5ClIN3O2/c1-4(14)15-13-8-6(7(10)12-13)2-5(9)3-11-8/h2-3H,1H3. The lowest BCUT2D eigenvalue weighted by atomic mass is 10.4. The SMILES string of the molecule is CC(=O)On1nc(I)c2cc(Cl)cnc21. The molecule has 0 fully saturated rings. The lowest BCUT2D eigenvalue weighted by Crippen LogP contribution is -2.18. The number of carbonyl (C=O) groups is 1. The van der Waals surface area contributed by atoms with Crippen LogP contribution in [0.4, 0.5) is 0 Å². The van der Waals surface area contributed by atoms with Crippen molar-refractivity contribution < 1.29 is 9.63 Å². The molecule has 0 aliphatic heterocycles. The number of halogens is 2. The minimum atomic E-state index is -0.451. The molecule has 0 bridgehead atoms. The van der Waals surface area contributed by atoms with E-state index in [4.69, 9.17) is 16.4 Å². The van der Waals surface area contributed by atoms with Gasteiger partial charge in [0.1, 0.15) is 3.70 Å². The highest BCUT2D eigenvalue weighted by atomic mass is 127. The highest BCUT2D eigenvalue weighted by Crippen LogP contribution is 2.20. The van der Waals surface area contributed by atoms with Gasteiger partial charge in [-0.2, -0.15) is 0 Å². The van der Waals surface area contributed by atoms with Gasteiger partial charge in [-0.25, -0.2) is 9.78 Å². The lowest BCUT2D eigenvalue weighted by molar-refractivity contribution is -0.142. The molecule has 0 saturated heterocycles. The molecular formula is C8H5ClIN3O2. The van der Waals surface area contributed by atoms with E-state index in [0.717, 1.165) is 10.2 Å². The van der Waals surface area contributed by atoms with E-state index in [0.29, 0.717) is 14.4 Å². The Kier molecular flexibility index (Phi) is 2.79. The molecule has 2 heterocycles. The first-order valence-electron chi connectivity index (χ1n) is 3.96. The van der Waals surface area contributed by atoms with Gasteiger partial charge in [-0.05, 0) is 28.7 Å². The Morgan fingerprint density at radius 3 is 3.07 bits per heavy atom. The fourth-order valence-electron chi connectivity index (χ4n) is 1.10. The van der Waals surface area contributed by atoms with Gasteiger partial charge in [0.2, 0.25) is 5.65 Å². The molecule has 2 aromatic rings. The molecule has 2 rings (SSSR count). The predicted molar refractivity (Wildman–Crippen MR) is 62.5 cm³/mol. The number of nitrogens with zero attached hydrogens (tertiary/aromatic N) is 3. The molecule has 0 amide bonds. The predicted octanol–water partition coefficient (Wildman–Crippen LogP) is 1.66. The zero-order valence-electron chi connectivity index (χ0n) is 7.57. The molecule has 7 heteroatoms. The summed E-state index contributed by atoms with van der Waals surface area (Å²) in [6, 6.07) is 1.72. The van der Waals surface area contributed by atoms with Crippen LogP contribution >= 0.6 is 34.2 Å². The van der Waals surface area contributed by atoms with Crippen LogP contribution in [-0.4, -0.2) is 20.9 Å². The molecule has 15 heavy (non-hydrogen) atoms. The number of carbonyl (C=O) groups excluding carboxylic acids is 1. The molecule has 0 aliphatic carbocycles. The van der Waals surface area contributed by atoms with Gasteiger partial charge < -0.3 is 4.84 Å². The number of aromatic nitrogens is 3. The minimum absolute atomic E-state index is 0.451. The quantitative estimate of drug-likeness (QED) is 0.743. The number of fused-ring (bicyclic) bond motifs is 1. The largest absolute Gasteiger partial charge is 0.332 e. The van der Waals surface area contributed by atoms with E-state index in [1.807, 2.05) is 22.6 Å². The molecular weight excluding hydrogens is 332 g/mol. The van der Waals surface area contributed by atoms with Crippen molar-refractivity contribution in [1.29, 1.82) is 0 Å². The second-order valence-corrected chi connectivity index (χ2v) is 4.23. The first kappa shape index (κ1) is 10.6. The molecule has 0 aromatic carbocycles. The Hall–Kier alpha value is -0.890. The second kappa shape index (κ2) is 3.93. The molecule has 0 unspecified atom stereocenters. The van der Waals surface area contributed by atoms with Crippen molar-refractivity contribution >= 4 is 51.2 Å². The first-order chi connectivity index (χ1) is 7.08. The fourth-order valence-corrected chi connectivity index (χ4v) is 1.85. The van der Waals surface area contributed by atoms with Gasteiger partial charge in [0.25, 0.3) is 0 Å². The van der Waals surface area contributed by atoms with Crippen LogP contribution in [0.25, 0.3) is 11.0 Å². The van der Waals surface area contributed by atoms with Crippen LogP contribution in [0.1, 0.15) is 6.92 Å². The van der Waals surface area contributed by atoms with Crippen molar-refractivity contribution in [2.75, 3.05) is 0 Å². The Morgan fingerprint density at radius 1 is 1.67 bits per heavy atom. The maximum Gasteiger partial charge on any atom is 0.332 e. The molecule has 0 spiro atoms. The number of hydrogen-bond acceptors (Lipinski definition) is 4. The topological polar surface area (TPSA) is 57.0 Å². The Morgan fingerprint density at radius 2 is 2.40 bits per heavy atom. The number of rotatable bonds is 1. The van der Waals surface area contributed by atoms with E-state index < -0.39 is 5.97 Å². The third-order valence-corrected chi connectivity index (χ3v) is 2.63. The maximum atomic E-state index is 10.8. The zero-order valence-corrected chi connectivity index (χ0v) is 10.5. The van der Waals surface area contributed by atoms with Crippen molar-refractivity contribution in [3.8, 4) is 0 Å². The summed E-state index contributed by atoms with van der Waals surface area (Å²) < 4.78 is 0.679. The Bertz CT molecular complexity index is 540. The summed E-state index contributed by atoms with van der Waals surface area (Å²) in [4.78, 5) is 20.8. The van der Waals surface area contributed by atoms with E-state index in [1.165, 1.54) is 13.1 Å². The first-order valence-corrected chi connectivity index (χ1v) is 5.42. The highest BCUT2D eigenvalue weighted by molar-refractivity contribution is 14.1. The normalized spacial score (nSPS) is 10.6. The molecule has 0 radical (unpaired) electrons. The van der Waals surface area contributed by atoms with Crippen molar-refractivity contribution in [3.63, 3.8) is 0 Å². The summed E-state index contributed by atoms with van der Waals surface area (Å²) in [5.74, 6) is -0.451. The molecule has 0 N–H and O–H groups in total. The average molecular weight is 338 g/mol. The van der Waals surface area contributed by atoms with Crippen LogP contribution in [-0.2, 0) is 4.79 Å². The smallest absolute Gasteiger partial charge is 0.318 e. The molecule has 5 nitrogen and oxygen atoms in total. The summed E-state index contributed by atoms with van der Waals surface area (Å²) in [5.41, 5.74) is 0.471. The molecule has 2 aromatic heterocycles. The van der Waals surface area contributed by atoms with Crippen molar-refractivity contribution in [1.82, 2.24) is 14.9 Å². The number of pyridine rings is 1. The van der Waals surface area contributed by atoms with Crippen LogP contribution in [0.3, 0.4) is 0 Å². The Labute approximate surface area is 103 Å². The van der Waals surface area contributed by atoms with E-state index >= 15 is 0 Å². The van der Waals surface area contributed by atoms with Crippen LogP contribution in [0.5, 0.6) is 0 Å². The van der Waals surface area contributed by atoms with Crippen LogP contribution in [0.2, 0.25) is 5.02 Å². The van der Waals surface area contributed by atoms with Crippen molar-refractivity contribution in [2.24, 2.45) is 0 Å². The highest BCUT2D eigenvalue weighted by Gasteiger charge is 2.12. The third kappa shape index (κ3) is 2.05. The second-order valence-electron chi connectivity index (χ2n) is 2.77. The Balaban J connectivity index is 2.62. The van der Waals surface area contributed by atoms with Crippen molar-refractivity contribution in [3.05, 3.63) is 21.0 Å². The van der Waals surface area contributed by atoms with E-state index in [2.05, 4.69) is 10.1 Å². The van der Waals surface area contributed by atoms with E-state index in [-0.39, 0.29) is 0 Å². The molecule has 0 aliphatic rings. The molecule has 0 saturated carbocycles. The van der Waals surface area contributed by atoms with Gasteiger partial charge >= 0.3 is 5.97 Å². The molecule has 78 valence electrons. The van der Waals surface area contributed by atoms with Crippen LogP contribution in [0.15, 0.2) is 12.3 Å². The summed E-state index contributed by atoms with van der Waals surface area (Å²) >= 11 is 7.82. The van der Waals surface area contributed by atoms with Crippen LogP contribution < -0.4 is 4.84 Å². The number of hydrogen-bond donors (Lipinski definition) is 0. The van der Waals surface area contributed by atoms with Gasteiger partial charge in [0, 0.05) is 13.1 Å². The van der Waals surface area contributed by atoms with Gasteiger partial charge in [0.05, 0.1) is 10.4 Å². The minimum Gasteiger partial charge on any atom is -0.318 e. The van der Waals surface area contributed by atoms with Crippen molar-refractivity contribution in [2.45, 2.75) is 6.92 Å². The maximum absolute atomic E-state index is 10.8. The summed E-state index contributed by atoms with van der Waals surface area (Å²) in [5, 5.41) is 5.28. The van der Waals surface area contributed by atoms with E-state index in [9.17, 15) is 4.79 Å².